The van der Waals surface area contributed by atoms with Crippen LogP contribution in [0.2, 0.25) is 5.02 Å². The van der Waals surface area contributed by atoms with Gasteiger partial charge in [0.05, 0.1) is 0 Å². The lowest BCUT2D eigenvalue weighted by atomic mass is 9.87. The van der Waals surface area contributed by atoms with Gasteiger partial charge in [-0.3, -0.25) is 9.69 Å². The van der Waals surface area contributed by atoms with Crippen LogP contribution in [0.4, 0.5) is 5.69 Å². The van der Waals surface area contributed by atoms with E-state index in [0.29, 0.717) is 6.42 Å². The van der Waals surface area contributed by atoms with Gasteiger partial charge in [0.25, 0.3) is 0 Å². The topological polar surface area (TPSA) is 23.6 Å². The van der Waals surface area contributed by atoms with Crippen molar-refractivity contribution in [2.45, 2.75) is 46.0 Å². The lowest BCUT2D eigenvalue weighted by molar-refractivity contribution is -0.115. The van der Waals surface area contributed by atoms with Crippen molar-refractivity contribution in [2.24, 2.45) is 0 Å². The van der Waals surface area contributed by atoms with Crippen molar-refractivity contribution in [2.75, 3.05) is 37.6 Å². The van der Waals surface area contributed by atoms with Crippen LogP contribution >= 0.6 is 24.2 Å². The third-order valence-electron chi connectivity index (χ3n) is 5.74. The Balaban J connectivity index is 1.53. The van der Waals surface area contributed by atoms with Crippen molar-refractivity contribution in [3.63, 3.8) is 0 Å². The van der Waals surface area contributed by atoms with Crippen molar-refractivity contribution >= 4 is 35.7 Å². The number of ketones is 1. The van der Waals surface area contributed by atoms with E-state index in [0.717, 1.165) is 73.1 Å². The van der Waals surface area contributed by atoms with E-state index in [4.69, 9.17) is 11.6 Å². The molecule has 3 rings (SSSR count). The summed E-state index contributed by atoms with van der Waals surface area (Å²) in [5.41, 5.74) is 4.50. The fourth-order valence-corrected chi connectivity index (χ4v) is 4.68. The highest BCUT2D eigenvalue weighted by atomic mass is 35.5. The lowest BCUT2D eigenvalue weighted by Crippen LogP contribution is -2.47. The molecule has 0 aromatic heterocycles. The van der Waals surface area contributed by atoms with Gasteiger partial charge in [-0.05, 0) is 74.3 Å². The molecule has 0 saturated carbocycles. The minimum atomic E-state index is 0.281. The van der Waals surface area contributed by atoms with Gasteiger partial charge in [0.2, 0.25) is 0 Å². The second kappa shape index (κ2) is 10.00. The molecule has 0 N–H and O–H groups in total. The van der Waals surface area contributed by atoms with E-state index in [2.05, 4.69) is 48.4 Å². The van der Waals surface area contributed by atoms with Gasteiger partial charge < -0.3 is 4.90 Å². The van der Waals surface area contributed by atoms with E-state index >= 15 is 0 Å². The Hall–Kier alpha value is -1.23. The number of hydrogen-bond donors (Lipinski definition) is 1. The van der Waals surface area contributed by atoms with Gasteiger partial charge in [-0.2, -0.15) is 0 Å². The summed E-state index contributed by atoms with van der Waals surface area (Å²) < 4.78 is 0. The Morgan fingerprint density at radius 1 is 1.04 bits per heavy atom. The van der Waals surface area contributed by atoms with Crippen LogP contribution in [0, 0.1) is 0 Å². The van der Waals surface area contributed by atoms with Crippen LogP contribution in [-0.2, 0) is 4.79 Å². The maximum absolute atomic E-state index is 13.0. The average Bonchev–Trinajstić information content (AvgIpc) is 2.69. The van der Waals surface area contributed by atoms with Crippen molar-refractivity contribution < 1.29 is 4.79 Å². The second-order valence-electron chi connectivity index (χ2n) is 7.99. The molecular weight excluding hydrogens is 388 g/mol. The zero-order chi connectivity index (χ0) is 20.1. The molecule has 3 nitrogen and oxygen atoms in total. The lowest BCUT2D eigenvalue weighted by Gasteiger charge is -2.36. The molecular formula is C23H31ClN2OS. The van der Waals surface area contributed by atoms with Crippen LogP contribution in [0.1, 0.15) is 46.0 Å². The van der Waals surface area contributed by atoms with Crippen LogP contribution in [0.25, 0.3) is 0 Å². The quantitative estimate of drug-likeness (QED) is 0.486. The Morgan fingerprint density at radius 2 is 1.68 bits per heavy atom. The number of Topliss-reactive ketones (excluding diaryl/α,β-unsaturated/α-hetero) is 1. The number of hydrogen-bond acceptors (Lipinski definition) is 4. The molecule has 28 heavy (non-hydrogen) atoms. The number of rotatable bonds is 6. The molecule has 1 fully saturated rings. The number of nitrogens with zero attached hydrogens (tertiary/aromatic N) is 2. The van der Waals surface area contributed by atoms with Gasteiger partial charge >= 0.3 is 0 Å². The average molecular weight is 419 g/mol. The maximum Gasteiger partial charge on any atom is 0.164 e. The molecule has 0 unspecified atom stereocenters. The van der Waals surface area contributed by atoms with E-state index in [-0.39, 0.29) is 5.78 Å². The summed E-state index contributed by atoms with van der Waals surface area (Å²) in [6, 6.07) is 8.04. The first-order chi connectivity index (χ1) is 13.5. The van der Waals surface area contributed by atoms with Gasteiger partial charge in [-0.1, -0.05) is 17.2 Å². The summed E-state index contributed by atoms with van der Waals surface area (Å²) in [6.45, 7) is 8.89. The fraction of sp³-hybridized carbons (Fsp3) is 0.522. The number of halogens is 1. The smallest absolute Gasteiger partial charge is 0.164 e. The zero-order valence-corrected chi connectivity index (χ0v) is 18.7. The molecule has 1 aromatic rings. The van der Waals surface area contributed by atoms with Crippen LogP contribution < -0.4 is 4.90 Å². The Labute approximate surface area is 179 Å². The van der Waals surface area contributed by atoms with Gasteiger partial charge in [0.1, 0.15) is 0 Å². The summed E-state index contributed by atoms with van der Waals surface area (Å²) in [6.07, 6.45) is 4.94. The molecule has 0 spiro atoms. The van der Waals surface area contributed by atoms with Crippen molar-refractivity contribution in [1.82, 2.24) is 4.90 Å². The highest BCUT2D eigenvalue weighted by molar-refractivity contribution is 7.84. The molecule has 0 amide bonds. The minimum Gasteiger partial charge on any atom is -0.369 e. The van der Waals surface area contributed by atoms with Crippen molar-refractivity contribution in [3.8, 4) is 0 Å². The zero-order valence-electron chi connectivity index (χ0n) is 17.0. The molecule has 0 radical (unpaired) electrons. The molecule has 1 aliphatic heterocycles. The number of anilines is 1. The Morgan fingerprint density at radius 3 is 2.29 bits per heavy atom. The van der Waals surface area contributed by atoms with Crippen molar-refractivity contribution in [3.05, 3.63) is 50.9 Å². The number of thiol groups is 1. The SMILES string of the molecule is CC(C)=C(C(=O)CCN1CCN(c2ccc(Cl)cc2)CC1)C1=C(S)CCCC1. The molecule has 152 valence electrons. The van der Waals surface area contributed by atoms with E-state index in [1.807, 2.05) is 12.1 Å². The molecule has 1 saturated heterocycles. The summed E-state index contributed by atoms with van der Waals surface area (Å²) in [5.74, 6) is 0.281. The largest absolute Gasteiger partial charge is 0.369 e. The first-order valence-corrected chi connectivity index (χ1v) is 11.1. The highest BCUT2D eigenvalue weighted by Gasteiger charge is 2.23. The van der Waals surface area contributed by atoms with Crippen molar-refractivity contribution in [1.29, 1.82) is 0 Å². The van der Waals surface area contributed by atoms with Crippen LogP contribution in [0.3, 0.4) is 0 Å². The minimum absolute atomic E-state index is 0.281. The maximum atomic E-state index is 13.0. The molecule has 5 heteroatoms. The number of carbonyl (C=O) groups is 1. The number of benzene rings is 1. The Bertz CT molecular complexity index is 757. The number of carbonyl (C=O) groups excluding carboxylic acids is 1. The first-order valence-electron chi connectivity index (χ1n) is 10.3. The molecule has 2 aliphatic rings. The third-order valence-corrected chi connectivity index (χ3v) is 6.48. The van der Waals surface area contributed by atoms with E-state index in [1.165, 1.54) is 17.7 Å². The summed E-state index contributed by atoms with van der Waals surface area (Å²) in [5, 5.41) is 0.772. The fourth-order valence-electron chi connectivity index (χ4n) is 4.17. The van der Waals surface area contributed by atoms with Crippen LogP contribution in [-0.4, -0.2) is 43.4 Å². The highest BCUT2D eigenvalue weighted by Crippen LogP contribution is 2.34. The molecule has 0 atom stereocenters. The van der Waals surface area contributed by atoms with Gasteiger partial charge in [-0.25, -0.2) is 0 Å². The van der Waals surface area contributed by atoms with Crippen LogP contribution in [0.15, 0.2) is 45.9 Å². The normalized spacial score (nSPS) is 18.4. The standard InChI is InChI=1S/C23H31ClN2OS/c1-17(2)23(20-5-3-4-6-22(20)28)21(27)11-12-25-13-15-26(16-14-25)19-9-7-18(24)8-10-19/h7-10,28H,3-6,11-16H2,1-2H3. The predicted molar refractivity (Wildman–Crippen MR) is 123 cm³/mol. The number of allylic oxidation sites excluding steroid dienone is 4. The van der Waals surface area contributed by atoms with E-state index in [1.54, 1.807) is 0 Å². The molecule has 1 aromatic carbocycles. The van der Waals surface area contributed by atoms with Gasteiger partial charge in [0, 0.05) is 55.4 Å². The number of piperazine rings is 1. The molecule has 0 bridgehead atoms. The summed E-state index contributed by atoms with van der Waals surface area (Å²) in [7, 11) is 0. The second-order valence-corrected chi connectivity index (χ2v) is 8.96. The monoisotopic (exact) mass is 418 g/mol. The van der Waals surface area contributed by atoms with Crippen LogP contribution in [0.5, 0.6) is 0 Å². The molecule has 1 heterocycles. The summed E-state index contributed by atoms with van der Waals surface area (Å²) >= 11 is 10.7. The first kappa shape index (κ1) is 21.5. The van der Waals surface area contributed by atoms with Gasteiger partial charge in [-0.15, -0.1) is 12.6 Å². The molecule has 1 aliphatic carbocycles. The summed E-state index contributed by atoms with van der Waals surface area (Å²) in [4.78, 5) is 18.9. The Kier molecular flexibility index (Phi) is 7.67. The van der Waals surface area contributed by atoms with Gasteiger partial charge in [0.15, 0.2) is 5.78 Å². The van der Waals surface area contributed by atoms with E-state index in [9.17, 15) is 4.79 Å². The van der Waals surface area contributed by atoms with E-state index < -0.39 is 0 Å². The predicted octanol–water partition coefficient (Wildman–Crippen LogP) is 5.52. The third kappa shape index (κ3) is 5.43.